The van der Waals surface area contributed by atoms with Gasteiger partial charge < -0.3 is 22.5 Å². The number of nitrogens with one attached hydrogen (secondary N) is 1. The molecule has 84 valence electrons. The van der Waals surface area contributed by atoms with E-state index in [1.54, 1.807) is 0 Å². The van der Waals surface area contributed by atoms with Gasteiger partial charge >= 0.3 is 0 Å². The van der Waals surface area contributed by atoms with Crippen LogP contribution in [-0.4, -0.2) is 32.1 Å². The van der Waals surface area contributed by atoms with E-state index < -0.39 is 0 Å². The fourth-order valence-corrected chi connectivity index (χ4v) is 1.09. The molecule has 14 heavy (non-hydrogen) atoms. The molecule has 5 nitrogen and oxygen atoms in total. The molecular formula is C9H23N5. The zero-order chi connectivity index (χ0) is 10.6. The normalized spacial score (nSPS) is 10.1. The van der Waals surface area contributed by atoms with E-state index in [0.717, 1.165) is 51.9 Å². The Balaban J connectivity index is 2.96. The maximum Gasteiger partial charge on any atom is 0.185 e. The van der Waals surface area contributed by atoms with Crippen LogP contribution in [0, 0.1) is 0 Å². The second-order valence-electron chi connectivity index (χ2n) is 3.26. The lowest BCUT2D eigenvalue weighted by Crippen LogP contribution is -2.23. The van der Waals surface area contributed by atoms with Crippen molar-refractivity contribution in [3.63, 3.8) is 0 Å². The maximum absolute atomic E-state index is 5.37. The third-order valence-corrected chi connectivity index (χ3v) is 1.86. The molecule has 7 N–H and O–H groups in total. The van der Waals surface area contributed by atoms with Crippen LogP contribution < -0.4 is 22.5 Å². The van der Waals surface area contributed by atoms with E-state index in [-0.39, 0.29) is 5.96 Å². The van der Waals surface area contributed by atoms with Crippen LogP contribution in [0.1, 0.15) is 25.7 Å². The Hall–Kier alpha value is -0.810. The summed E-state index contributed by atoms with van der Waals surface area (Å²) in [5.41, 5.74) is 15.7. The number of nitrogens with zero attached hydrogens (tertiary/aromatic N) is 1. The first-order valence-electron chi connectivity index (χ1n) is 5.23. The number of hydrogen-bond donors (Lipinski definition) is 4. The summed E-state index contributed by atoms with van der Waals surface area (Å²) < 4.78 is 0. The van der Waals surface area contributed by atoms with Gasteiger partial charge in [0, 0.05) is 6.54 Å². The molecule has 0 saturated heterocycles. The molecule has 0 fully saturated rings. The molecule has 0 radical (unpaired) electrons. The molecule has 0 aliphatic carbocycles. The fraction of sp³-hybridized carbons (Fsp3) is 0.889. The molecule has 0 saturated carbocycles. The number of aliphatic imine (C=N–C) groups is 1. The highest BCUT2D eigenvalue weighted by Gasteiger charge is 1.89. The second-order valence-corrected chi connectivity index (χ2v) is 3.26. The first-order valence-corrected chi connectivity index (χ1v) is 5.23. The molecule has 0 aromatic heterocycles. The lowest BCUT2D eigenvalue weighted by Gasteiger charge is -2.02. The maximum atomic E-state index is 5.37. The summed E-state index contributed by atoms with van der Waals surface area (Å²) in [6.07, 6.45) is 4.40. The van der Waals surface area contributed by atoms with Crippen LogP contribution in [0.3, 0.4) is 0 Å². The van der Waals surface area contributed by atoms with Crippen LogP contribution >= 0.6 is 0 Å². The van der Waals surface area contributed by atoms with Crippen LogP contribution in [0.4, 0.5) is 0 Å². The Kier molecular flexibility index (Phi) is 9.68. The second kappa shape index (κ2) is 10.3. The van der Waals surface area contributed by atoms with Gasteiger partial charge in [0.2, 0.25) is 0 Å². The SMILES string of the molecule is NCCCCNCCCCN=C(N)N. The lowest BCUT2D eigenvalue weighted by atomic mass is 10.3. The standard InChI is InChI=1S/C9H23N5/c10-5-1-2-6-13-7-3-4-8-14-9(11)12/h13H,1-8,10H2,(H4,11,12,14). The molecule has 0 heterocycles. The van der Waals surface area contributed by atoms with Crippen molar-refractivity contribution in [1.29, 1.82) is 0 Å². The Morgan fingerprint density at radius 2 is 1.64 bits per heavy atom. The summed E-state index contributed by atoms with van der Waals surface area (Å²) in [4.78, 5) is 3.90. The van der Waals surface area contributed by atoms with E-state index in [9.17, 15) is 0 Å². The first kappa shape index (κ1) is 13.2. The average molecular weight is 201 g/mol. The highest BCUT2D eigenvalue weighted by Crippen LogP contribution is 1.88. The molecule has 0 aliphatic heterocycles. The van der Waals surface area contributed by atoms with Crippen LogP contribution in [0.15, 0.2) is 4.99 Å². The van der Waals surface area contributed by atoms with Crippen LogP contribution in [-0.2, 0) is 0 Å². The predicted octanol–water partition coefficient (Wildman–Crippen LogP) is -0.631. The minimum atomic E-state index is 0.181. The Morgan fingerprint density at radius 3 is 2.21 bits per heavy atom. The summed E-state index contributed by atoms with van der Waals surface area (Å²) in [5.74, 6) is 0.181. The van der Waals surface area contributed by atoms with Gasteiger partial charge in [0.25, 0.3) is 0 Å². The molecule has 0 bridgehead atoms. The number of nitrogens with two attached hydrogens (primary N) is 3. The third kappa shape index (κ3) is 11.2. The fourth-order valence-electron chi connectivity index (χ4n) is 1.09. The summed E-state index contributed by atoms with van der Waals surface area (Å²) in [6.45, 7) is 3.60. The smallest absolute Gasteiger partial charge is 0.185 e. The van der Waals surface area contributed by atoms with Gasteiger partial charge in [-0.1, -0.05) is 0 Å². The van der Waals surface area contributed by atoms with Crippen LogP contribution in [0.25, 0.3) is 0 Å². The van der Waals surface area contributed by atoms with E-state index >= 15 is 0 Å². The number of hydrogen-bond acceptors (Lipinski definition) is 3. The predicted molar refractivity (Wildman–Crippen MR) is 61.1 cm³/mol. The average Bonchev–Trinajstić information content (AvgIpc) is 2.15. The van der Waals surface area contributed by atoms with Gasteiger partial charge in [0.1, 0.15) is 0 Å². The van der Waals surface area contributed by atoms with Crippen molar-refractivity contribution in [2.75, 3.05) is 26.2 Å². The van der Waals surface area contributed by atoms with Crippen LogP contribution in [0.2, 0.25) is 0 Å². The zero-order valence-electron chi connectivity index (χ0n) is 8.84. The molecule has 0 aromatic rings. The molecule has 0 spiro atoms. The lowest BCUT2D eigenvalue weighted by molar-refractivity contribution is 0.595. The van der Waals surface area contributed by atoms with Crippen LogP contribution in [0.5, 0.6) is 0 Å². The zero-order valence-corrected chi connectivity index (χ0v) is 8.84. The van der Waals surface area contributed by atoms with Gasteiger partial charge in [-0.15, -0.1) is 0 Å². The summed E-state index contributed by atoms with van der Waals surface area (Å²) in [7, 11) is 0. The van der Waals surface area contributed by atoms with E-state index in [1.807, 2.05) is 0 Å². The number of unbranched alkanes of at least 4 members (excludes halogenated alkanes) is 2. The highest BCUT2D eigenvalue weighted by molar-refractivity contribution is 5.75. The molecule has 0 aromatic carbocycles. The molecule has 5 heteroatoms. The summed E-state index contributed by atoms with van der Waals surface area (Å²) >= 11 is 0. The van der Waals surface area contributed by atoms with E-state index in [2.05, 4.69) is 10.3 Å². The van der Waals surface area contributed by atoms with Gasteiger partial charge in [-0.05, 0) is 45.3 Å². The molecule has 0 aliphatic rings. The Morgan fingerprint density at radius 1 is 1.00 bits per heavy atom. The van der Waals surface area contributed by atoms with E-state index in [1.165, 1.54) is 0 Å². The van der Waals surface area contributed by atoms with Crippen molar-refractivity contribution in [2.24, 2.45) is 22.2 Å². The molecular weight excluding hydrogens is 178 g/mol. The summed E-state index contributed by atoms with van der Waals surface area (Å²) in [5, 5.41) is 3.34. The first-order chi connectivity index (χ1) is 6.77. The van der Waals surface area contributed by atoms with Crippen molar-refractivity contribution in [3.8, 4) is 0 Å². The molecule has 0 rings (SSSR count). The Bertz CT molecular complexity index is 142. The minimum absolute atomic E-state index is 0.181. The van der Waals surface area contributed by atoms with Gasteiger partial charge in [-0.3, -0.25) is 4.99 Å². The van der Waals surface area contributed by atoms with Gasteiger partial charge in [0.15, 0.2) is 5.96 Å². The molecule has 0 atom stereocenters. The van der Waals surface area contributed by atoms with Crippen molar-refractivity contribution in [3.05, 3.63) is 0 Å². The van der Waals surface area contributed by atoms with E-state index in [0.29, 0.717) is 0 Å². The largest absolute Gasteiger partial charge is 0.370 e. The van der Waals surface area contributed by atoms with Gasteiger partial charge in [0.05, 0.1) is 0 Å². The molecule has 0 amide bonds. The minimum Gasteiger partial charge on any atom is -0.370 e. The Labute approximate surface area is 86.1 Å². The topological polar surface area (TPSA) is 102 Å². The quantitative estimate of drug-likeness (QED) is 0.226. The van der Waals surface area contributed by atoms with Crippen molar-refractivity contribution in [2.45, 2.75) is 25.7 Å². The number of rotatable bonds is 9. The van der Waals surface area contributed by atoms with Gasteiger partial charge in [-0.2, -0.15) is 0 Å². The van der Waals surface area contributed by atoms with Gasteiger partial charge in [-0.25, -0.2) is 0 Å². The van der Waals surface area contributed by atoms with Crippen molar-refractivity contribution < 1.29 is 0 Å². The molecule has 0 unspecified atom stereocenters. The van der Waals surface area contributed by atoms with E-state index in [4.69, 9.17) is 17.2 Å². The van der Waals surface area contributed by atoms with Crippen molar-refractivity contribution in [1.82, 2.24) is 5.32 Å². The monoisotopic (exact) mass is 201 g/mol. The number of guanidine groups is 1. The summed E-state index contributed by atoms with van der Waals surface area (Å²) in [6, 6.07) is 0. The third-order valence-electron chi connectivity index (χ3n) is 1.86. The highest BCUT2D eigenvalue weighted by atomic mass is 15.0. The van der Waals surface area contributed by atoms with Crippen molar-refractivity contribution >= 4 is 5.96 Å².